The summed E-state index contributed by atoms with van der Waals surface area (Å²) in [5, 5.41) is 0. The van der Waals surface area contributed by atoms with E-state index in [-0.39, 0.29) is 0 Å². The first kappa shape index (κ1) is 17.3. The van der Waals surface area contributed by atoms with E-state index >= 15 is 0 Å². The normalized spacial score (nSPS) is 20.2. The van der Waals surface area contributed by atoms with Crippen molar-refractivity contribution >= 4 is 11.9 Å². The van der Waals surface area contributed by atoms with Crippen LogP contribution in [0.2, 0.25) is 0 Å². The molecule has 1 saturated heterocycles. The van der Waals surface area contributed by atoms with Gasteiger partial charge in [-0.15, -0.1) is 0 Å². The molecule has 2 nitrogen and oxygen atoms in total. The van der Waals surface area contributed by atoms with Crippen LogP contribution in [0.1, 0.15) is 61.8 Å². The summed E-state index contributed by atoms with van der Waals surface area (Å²) >= 11 is 1.93. The van der Waals surface area contributed by atoms with Crippen LogP contribution in [0.4, 0.5) is 0 Å². The Morgan fingerprint density at radius 2 is 1.96 bits per heavy atom. The molecule has 0 radical (unpaired) electrons. The molecular formula is C20H32N2S. The molecule has 0 amide bonds. The molecule has 128 valence electrons. The first-order valence-electron chi connectivity index (χ1n) is 9.38. The van der Waals surface area contributed by atoms with Gasteiger partial charge < -0.3 is 0 Å². The van der Waals surface area contributed by atoms with Gasteiger partial charge in [-0.25, -0.2) is 4.31 Å². The Balaban J connectivity index is 1.77. The van der Waals surface area contributed by atoms with Gasteiger partial charge in [-0.2, -0.15) is 0 Å². The molecule has 0 aromatic heterocycles. The molecule has 0 unspecified atom stereocenters. The zero-order valence-corrected chi connectivity index (χ0v) is 16.1. The van der Waals surface area contributed by atoms with E-state index in [2.05, 4.69) is 43.1 Å². The van der Waals surface area contributed by atoms with E-state index in [0.717, 1.165) is 18.9 Å². The first-order valence-corrected chi connectivity index (χ1v) is 10.1. The zero-order valence-electron chi connectivity index (χ0n) is 15.3. The van der Waals surface area contributed by atoms with Crippen LogP contribution < -0.4 is 0 Å². The Morgan fingerprint density at radius 3 is 2.61 bits per heavy atom. The Bertz CT molecular complexity index is 547. The molecule has 23 heavy (non-hydrogen) atoms. The van der Waals surface area contributed by atoms with Gasteiger partial charge in [-0.3, -0.25) is 4.90 Å². The van der Waals surface area contributed by atoms with Gasteiger partial charge >= 0.3 is 0 Å². The summed E-state index contributed by atoms with van der Waals surface area (Å²) in [6.07, 6.45) is 6.73. The molecule has 0 bridgehead atoms. The quantitative estimate of drug-likeness (QED) is 0.699. The van der Waals surface area contributed by atoms with E-state index < -0.39 is 0 Å². The second-order valence-electron chi connectivity index (χ2n) is 7.38. The molecule has 2 aliphatic rings. The topological polar surface area (TPSA) is 6.48 Å². The highest BCUT2D eigenvalue weighted by atomic mass is 32.2. The maximum absolute atomic E-state index is 2.71. The van der Waals surface area contributed by atoms with Crippen molar-refractivity contribution in [3.8, 4) is 0 Å². The molecule has 1 aromatic rings. The number of piperidine rings is 1. The second kappa shape index (κ2) is 7.58. The zero-order chi connectivity index (χ0) is 16.4. The van der Waals surface area contributed by atoms with Gasteiger partial charge in [0.1, 0.15) is 0 Å². The van der Waals surface area contributed by atoms with Gasteiger partial charge in [0.2, 0.25) is 0 Å². The van der Waals surface area contributed by atoms with Crippen molar-refractivity contribution in [3.63, 3.8) is 0 Å². The van der Waals surface area contributed by atoms with E-state index in [1.807, 2.05) is 11.9 Å². The van der Waals surface area contributed by atoms with Gasteiger partial charge in [0.05, 0.1) is 0 Å². The van der Waals surface area contributed by atoms with Crippen LogP contribution in [-0.4, -0.2) is 29.3 Å². The number of likely N-dealkylation sites (tertiary alicyclic amines) is 1. The number of benzene rings is 1. The van der Waals surface area contributed by atoms with Crippen molar-refractivity contribution in [3.05, 3.63) is 28.3 Å². The number of rotatable bonds is 5. The molecule has 2 heterocycles. The number of fused-ring (bicyclic) bond motifs is 1. The van der Waals surface area contributed by atoms with Gasteiger partial charge in [-0.05, 0) is 86.4 Å². The van der Waals surface area contributed by atoms with Gasteiger partial charge in [0.15, 0.2) is 0 Å². The van der Waals surface area contributed by atoms with Gasteiger partial charge in [0.25, 0.3) is 0 Å². The summed E-state index contributed by atoms with van der Waals surface area (Å²) in [4.78, 5) is 4.24. The van der Waals surface area contributed by atoms with E-state index in [4.69, 9.17) is 0 Å². The Kier molecular flexibility index (Phi) is 5.71. The molecule has 2 aliphatic heterocycles. The molecule has 0 spiro atoms. The second-order valence-corrected chi connectivity index (χ2v) is 8.59. The highest BCUT2D eigenvalue weighted by Crippen LogP contribution is 2.41. The fourth-order valence-corrected chi connectivity index (χ4v) is 5.27. The lowest BCUT2D eigenvalue weighted by Gasteiger charge is -2.33. The monoisotopic (exact) mass is 332 g/mol. The standard InChI is InChI=1S/C20H32N2S/c1-5-7-16-8-10-22(11-9-16)14-18-17(6-2)12-15(3)20-19(18)13-21(4)23-20/h12,16H,5-11,13-14H2,1-4H3. The molecule has 1 aromatic carbocycles. The van der Waals surface area contributed by atoms with Crippen molar-refractivity contribution in [2.45, 2.75) is 70.9 Å². The highest BCUT2D eigenvalue weighted by Gasteiger charge is 2.26. The maximum atomic E-state index is 2.71. The Morgan fingerprint density at radius 1 is 1.22 bits per heavy atom. The fraction of sp³-hybridized carbons (Fsp3) is 0.700. The Hall–Kier alpha value is -0.510. The summed E-state index contributed by atoms with van der Waals surface area (Å²) < 4.78 is 2.38. The molecule has 3 heteroatoms. The third-order valence-electron chi connectivity index (χ3n) is 5.57. The van der Waals surface area contributed by atoms with Crippen molar-refractivity contribution < 1.29 is 0 Å². The van der Waals surface area contributed by atoms with Crippen LogP contribution in [0.25, 0.3) is 0 Å². The summed E-state index contributed by atoms with van der Waals surface area (Å²) in [6.45, 7) is 11.8. The molecule has 0 aliphatic carbocycles. The van der Waals surface area contributed by atoms with E-state index in [0.29, 0.717) is 0 Å². The molecule has 1 fully saturated rings. The molecule has 0 saturated carbocycles. The van der Waals surface area contributed by atoms with E-state index in [9.17, 15) is 0 Å². The molecule has 0 N–H and O–H groups in total. The van der Waals surface area contributed by atoms with Crippen LogP contribution in [0.3, 0.4) is 0 Å². The minimum Gasteiger partial charge on any atom is -0.299 e. The lowest BCUT2D eigenvalue weighted by molar-refractivity contribution is 0.171. The maximum Gasteiger partial charge on any atom is 0.0355 e. The summed E-state index contributed by atoms with van der Waals surface area (Å²) in [5.41, 5.74) is 6.30. The molecule has 3 rings (SSSR count). The van der Waals surface area contributed by atoms with Crippen LogP contribution in [0, 0.1) is 12.8 Å². The average molecular weight is 333 g/mol. The highest BCUT2D eigenvalue weighted by molar-refractivity contribution is 7.97. The lowest BCUT2D eigenvalue weighted by Crippen LogP contribution is -2.33. The van der Waals surface area contributed by atoms with Crippen molar-refractivity contribution in [1.82, 2.24) is 9.21 Å². The minimum atomic E-state index is 0.979. The third-order valence-corrected chi connectivity index (χ3v) is 6.76. The predicted molar refractivity (Wildman–Crippen MR) is 101 cm³/mol. The van der Waals surface area contributed by atoms with Crippen molar-refractivity contribution in [2.75, 3.05) is 20.1 Å². The predicted octanol–water partition coefficient (Wildman–Crippen LogP) is 5.02. The van der Waals surface area contributed by atoms with Crippen molar-refractivity contribution in [2.24, 2.45) is 5.92 Å². The number of aryl methyl sites for hydroxylation is 2. The van der Waals surface area contributed by atoms with Gasteiger partial charge in [-0.1, -0.05) is 32.8 Å². The largest absolute Gasteiger partial charge is 0.299 e. The Labute approximate surface area is 146 Å². The van der Waals surface area contributed by atoms with Crippen LogP contribution in [0.15, 0.2) is 11.0 Å². The van der Waals surface area contributed by atoms with Crippen LogP contribution in [0.5, 0.6) is 0 Å². The van der Waals surface area contributed by atoms with Crippen LogP contribution in [-0.2, 0) is 19.5 Å². The number of nitrogens with zero attached hydrogens (tertiary/aromatic N) is 2. The number of hydrogen-bond acceptors (Lipinski definition) is 3. The SMILES string of the molecule is CCCC1CCN(Cc2c(CC)cc(C)c3c2CN(C)S3)CC1. The lowest BCUT2D eigenvalue weighted by atomic mass is 9.91. The van der Waals surface area contributed by atoms with Gasteiger partial charge in [0, 0.05) is 18.0 Å². The summed E-state index contributed by atoms with van der Waals surface area (Å²) in [5.74, 6) is 0.979. The first-order chi connectivity index (χ1) is 11.1. The van der Waals surface area contributed by atoms with Crippen molar-refractivity contribution in [1.29, 1.82) is 0 Å². The fourth-order valence-electron chi connectivity index (χ4n) is 4.27. The van der Waals surface area contributed by atoms with Crippen LogP contribution >= 0.6 is 11.9 Å². The minimum absolute atomic E-state index is 0.979. The third kappa shape index (κ3) is 3.78. The summed E-state index contributed by atoms with van der Waals surface area (Å²) in [6, 6.07) is 2.45. The van der Waals surface area contributed by atoms with E-state index in [1.54, 1.807) is 16.7 Å². The van der Waals surface area contributed by atoms with E-state index in [1.165, 1.54) is 55.8 Å². The number of hydrogen-bond donors (Lipinski definition) is 0. The average Bonchev–Trinajstić information content (AvgIpc) is 2.94. The molecular weight excluding hydrogens is 300 g/mol. The summed E-state index contributed by atoms with van der Waals surface area (Å²) in [7, 11) is 2.22. The smallest absolute Gasteiger partial charge is 0.0355 e. The molecule has 0 atom stereocenters.